The molecule has 0 fully saturated rings. The second kappa shape index (κ2) is 7.08. The van der Waals surface area contributed by atoms with Gasteiger partial charge < -0.3 is 19.4 Å². The average molecular weight is 278 g/mol. The monoisotopic (exact) mass is 278 g/mol. The van der Waals surface area contributed by atoms with E-state index in [-0.39, 0.29) is 17.1 Å². The van der Waals surface area contributed by atoms with Crippen molar-refractivity contribution in [2.24, 2.45) is 5.92 Å². The molecule has 6 nitrogen and oxygen atoms in total. The van der Waals surface area contributed by atoms with E-state index in [4.69, 9.17) is 9.47 Å². The fourth-order valence-corrected chi connectivity index (χ4v) is 1.18. The lowest BCUT2D eigenvalue weighted by molar-refractivity contribution is -0.148. The topological polar surface area (TPSA) is 89.9 Å². The third-order valence-corrected chi connectivity index (χ3v) is 2.29. The molecule has 0 aromatic heterocycles. The van der Waals surface area contributed by atoms with E-state index in [1.165, 1.54) is 19.1 Å². The maximum absolute atomic E-state index is 11.7. The van der Waals surface area contributed by atoms with E-state index in [1.807, 2.05) is 0 Å². The van der Waals surface area contributed by atoms with Gasteiger partial charge in [-0.05, 0) is 19.1 Å². The Bertz CT molecular complexity index is 534. The predicted molar refractivity (Wildman–Crippen MR) is 69.1 cm³/mol. The highest BCUT2D eigenvalue weighted by molar-refractivity contribution is 5.91. The molecule has 0 heterocycles. The van der Waals surface area contributed by atoms with Gasteiger partial charge in [0.25, 0.3) is 0 Å². The highest BCUT2D eigenvalue weighted by Gasteiger charge is 2.23. The number of phenols is 1. The second-order valence-electron chi connectivity index (χ2n) is 4.01. The molecule has 20 heavy (non-hydrogen) atoms. The van der Waals surface area contributed by atoms with Gasteiger partial charge in [-0.25, -0.2) is 4.79 Å². The highest BCUT2D eigenvalue weighted by Crippen LogP contribution is 2.25. The molecule has 0 aliphatic rings. The van der Waals surface area contributed by atoms with Crippen molar-refractivity contribution in [3.05, 3.63) is 36.4 Å². The number of rotatable bonds is 6. The maximum Gasteiger partial charge on any atom is 0.333 e. The van der Waals surface area contributed by atoms with Crippen LogP contribution in [0.15, 0.2) is 36.4 Å². The van der Waals surface area contributed by atoms with Crippen molar-refractivity contribution in [2.75, 3.05) is 6.61 Å². The summed E-state index contributed by atoms with van der Waals surface area (Å²) in [5, 5.41) is 9.44. The summed E-state index contributed by atoms with van der Waals surface area (Å²) >= 11 is 0. The first-order valence-electron chi connectivity index (χ1n) is 5.73. The van der Waals surface area contributed by atoms with Crippen molar-refractivity contribution in [3.63, 3.8) is 0 Å². The lowest BCUT2D eigenvalue weighted by Gasteiger charge is -2.11. The lowest BCUT2D eigenvalue weighted by Crippen LogP contribution is -2.27. The predicted octanol–water partition coefficient (Wildman–Crippen LogP) is 1.23. The molecule has 1 unspecified atom stereocenters. The van der Waals surface area contributed by atoms with Crippen LogP contribution in [-0.4, -0.2) is 29.9 Å². The minimum absolute atomic E-state index is 0.0735. The Morgan fingerprint density at radius 3 is 2.60 bits per heavy atom. The highest BCUT2D eigenvalue weighted by atomic mass is 16.6. The van der Waals surface area contributed by atoms with Crippen molar-refractivity contribution in [3.8, 4) is 11.5 Å². The quantitative estimate of drug-likeness (QED) is 0.277. The standard InChI is InChI=1S/C14H14O6/c1-9(2)13(17)19-8-10(7-15)14(18)20-12-6-4-3-5-11(12)16/h3-7,10,16H,1,8H2,2H3. The summed E-state index contributed by atoms with van der Waals surface area (Å²) in [6.07, 6.45) is 0.314. The molecular formula is C14H14O6. The number of carbonyl (C=O) groups excluding carboxylic acids is 3. The number of ether oxygens (including phenoxy) is 2. The number of carbonyl (C=O) groups is 3. The first kappa shape index (κ1) is 15.4. The van der Waals surface area contributed by atoms with Gasteiger partial charge in [0, 0.05) is 5.57 Å². The Morgan fingerprint density at radius 1 is 1.40 bits per heavy atom. The summed E-state index contributed by atoms with van der Waals surface area (Å²) in [6, 6.07) is 5.81. The Morgan fingerprint density at radius 2 is 2.05 bits per heavy atom. The Labute approximate surface area is 115 Å². The van der Waals surface area contributed by atoms with Crippen LogP contribution in [-0.2, 0) is 19.1 Å². The molecule has 0 saturated carbocycles. The van der Waals surface area contributed by atoms with E-state index >= 15 is 0 Å². The summed E-state index contributed by atoms with van der Waals surface area (Å²) in [4.78, 5) is 33.7. The maximum atomic E-state index is 11.7. The largest absolute Gasteiger partial charge is 0.504 e. The Balaban J connectivity index is 2.64. The van der Waals surface area contributed by atoms with E-state index in [0.29, 0.717) is 6.29 Å². The molecule has 0 aliphatic heterocycles. The van der Waals surface area contributed by atoms with Crippen LogP contribution in [0.2, 0.25) is 0 Å². The average Bonchev–Trinajstić information content (AvgIpc) is 2.41. The van der Waals surface area contributed by atoms with E-state index in [1.54, 1.807) is 12.1 Å². The summed E-state index contributed by atoms with van der Waals surface area (Å²) in [6.45, 7) is 4.37. The number of benzene rings is 1. The van der Waals surface area contributed by atoms with Gasteiger partial charge >= 0.3 is 11.9 Å². The Kier molecular flexibility index (Phi) is 5.46. The first-order chi connectivity index (χ1) is 9.45. The third kappa shape index (κ3) is 4.24. The molecular weight excluding hydrogens is 264 g/mol. The van der Waals surface area contributed by atoms with Crippen LogP contribution in [0, 0.1) is 5.92 Å². The normalized spacial score (nSPS) is 11.2. The summed E-state index contributed by atoms with van der Waals surface area (Å²) in [5.74, 6) is -3.19. The molecule has 6 heteroatoms. The van der Waals surface area contributed by atoms with E-state index in [9.17, 15) is 19.5 Å². The number of hydrogen-bond acceptors (Lipinski definition) is 6. The zero-order valence-corrected chi connectivity index (χ0v) is 10.9. The van der Waals surface area contributed by atoms with Gasteiger partial charge in [-0.15, -0.1) is 0 Å². The molecule has 0 aliphatic carbocycles. The zero-order chi connectivity index (χ0) is 15.1. The van der Waals surface area contributed by atoms with Crippen molar-refractivity contribution in [1.29, 1.82) is 0 Å². The van der Waals surface area contributed by atoms with Crippen molar-refractivity contribution in [2.45, 2.75) is 6.92 Å². The van der Waals surface area contributed by atoms with Crippen LogP contribution in [0.25, 0.3) is 0 Å². The van der Waals surface area contributed by atoms with E-state index in [2.05, 4.69) is 6.58 Å². The van der Waals surface area contributed by atoms with Crippen molar-refractivity contribution >= 4 is 18.2 Å². The molecule has 0 amide bonds. The molecule has 0 bridgehead atoms. The molecule has 106 valence electrons. The first-order valence-corrected chi connectivity index (χ1v) is 5.73. The fraction of sp³-hybridized carbons (Fsp3) is 0.214. The van der Waals surface area contributed by atoms with Crippen LogP contribution in [0.4, 0.5) is 0 Å². The van der Waals surface area contributed by atoms with Gasteiger partial charge in [-0.1, -0.05) is 18.7 Å². The van der Waals surface area contributed by atoms with Gasteiger partial charge in [0.1, 0.15) is 18.8 Å². The SMILES string of the molecule is C=C(C)C(=O)OCC(C=O)C(=O)Oc1ccccc1O. The molecule has 0 radical (unpaired) electrons. The lowest BCUT2D eigenvalue weighted by atomic mass is 10.2. The summed E-state index contributed by atoms with van der Waals surface area (Å²) in [7, 11) is 0. The van der Waals surface area contributed by atoms with Crippen LogP contribution in [0.5, 0.6) is 11.5 Å². The second-order valence-corrected chi connectivity index (χ2v) is 4.01. The Hall–Kier alpha value is -2.63. The zero-order valence-electron chi connectivity index (χ0n) is 10.9. The molecule has 1 aromatic carbocycles. The van der Waals surface area contributed by atoms with Crippen LogP contribution in [0.3, 0.4) is 0 Å². The van der Waals surface area contributed by atoms with Crippen LogP contribution in [0.1, 0.15) is 6.92 Å². The third-order valence-electron chi connectivity index (χ3n) is 2.29. The van der Waals surface area contributed by atoms with Crippen LogP contribution < -0.4 is 4.74 Å². The summed E-state index contributed by atoms with van der Waals surface area (Å²) < 4.78 is 9.57. The van der Waals surface area contributed by atoms with Crippen LogP contribution >= 0.6 is 0 Å². The number of hydrogen-bond donors (Lipinski definition) is 1. The molecule has 1 N–H and O–H groups in total. The molecule has 1 rings (SSSR count). The van der Waals surface area contributed by atoms with Gasteiger partial charge in [0.15, 0.2) is 11.5 Å². The number of para-hydroxylation sites is 2. The number of phenolic OH excluding ortho intramolecular Hbond substituents is 1. The van der Waals surface area contributed by atoms with Crippen molar-refractivity contribution in [1.82, 2.24) is 0 Å². The van der Waals surface area contributed by atoms with Gasteiger partial charge in [0.2, 0.25) is 0 Å². The molecule has 0 saturated heterocycles. The number of aromatic hydroxyl groups is 1. The van der Waals surface area contributed by atoms with E-state index in [0.717, 1.165) is 0 Å². The molecule has 1 atom stereocenters. The number of aldehydes is 1. The molecule has 0 spiro atoms. The minimum Gasteiger partial charge on any atom is -0.504 e. The van der Waals surface area contributed by atoms with Gasteiger partial charge in [0.05, 0.1) is 0 Å². The molecule has 1 aromatic rings. The summed E-state index contributed by atoms with van der Waals surface area (Å²) in [5.41, 5.74) is 0.156. The van der Waals surface area contributed by atoms with E-state index < -0.39 is 24.5 Å². The minimum atomic E-state index is -1.27. The smallest absolute Gasteiger partial charge is 0.333 e. The number of esters is 2. The van der Waals surface area contributed by atoms with Gasteiger partial charge in [-0.3, -0.25) is 4.79 Å². The van der Waals surface area contributed by atoms with Gasteiger partial charge in [-0.2, -0.15) is 0 Å². The fourth-order valence-electron chi connectivity index (χ4n) is 1.18. The van der Waals surface area contributed by atoms with Crippen molar-refractivity contribution < 1.29 is 29.0 Å².